The van der Waals surface area contributed by atoms with E-state index in [0.29, 0.717) is 23.8 Å². The summed E-state index contributed by atoms with van der Waals surface area (Å²) in [5.74, 6) is 0.613. The Morgan fingerprint density at radius 3 is 2.41 bits per heavy atom. The van der Waals surface area contributed by atoms with Gasteiger partial charge in [0.2, 0.25) is 5.91 Å². The standard InChI is InChI=1S/C31H36N2O5S/c1-19(2)22-9-11-23(12-10-22)27(31(35)33-29-18-25-8-5-21-16-26(25)28(29)17-21)15-20-3-6-24(7-4-20)30(34)32-13-14-39(36,37)38/h3-4,6-12,21,26-29H,1,5,13-18H2,2H3,(H,32,34)(H,33,35)(H,36,37,38)/t21-,26?,27?,28+,29?/m1/s1. The molecule has 0 radical (unpaired) electrons. The highest BCUT2D eigenvalue weighted by Gasteiger charge is 2.48. The van der Waals surface area contributed by atoms with Gasteiger partial charge >= 0.3 is 0 Å². The van der Waals surface area contributed by atoms with E-state index in [9.17, 15) is 18.0 Å². The van der Waals surface area contributed by atoms with Crippen LogP contribution in [0.1, 0.15) is 65.6 Å². The van der Waals surface area contributed by atoms with Crippen molar-refractivity contribution in [3.8, 4) is 0 Å². The van der Waals surface area contributed by atoms with Crippen LogP contribution in [0.3, 0.4) is 0 Å². The largest absolute Gasteiger partial charge is 0.352 e. The van der Waals surface area contributed by atoms with Gasteiger partial charge < -0.3 is 10.6 Å². The number of carbonyl (C=O) groups is 2. The van der Waals surface area contributed by atoms with E-state index < -0.39 is 21.8 Å². The molecule has 2 aromatic rings. The van der Waals surface area contributed by atoms with Crippen LogP contribution in [-0.2, 0) is 21.3 Å². The second kappa shape index (κ2) is 11.1. The zero-order chi connectivity index (χ0) is 27.7. The molecule has 206 valence electrons. The van der Waals surface area contributed by atoms with E-state index >= 15 is 0 Å². The van der Waals surface area contributed by atoms with Crippen molar-refractivity contribution in [1.29, 1.82) is 0 Å². The Morgan fingerprint density at radius 1 is 1.05 bits per heavy atom. The van der Waals surface area contributed by atoms with Gasteiger partial charge in [-0.25, -0.2) is 0 Å². The number of hydrogen-bond acceptors (Lipinski definition) is 4. The highest BCUT2D eigenvalue weighted by Crippen LogP contribution is 2.54. The molecule has 0 saturated heterocycles. The van der Waals surface area contributed by atoms with Crippen molar-refractivity contribution in [3.05, 3.63) is 89.0 Å². The fraction of sp³-hybridized carbons (Fsp3) is 0.419. The second-order valence-electron chi connectivity index (χ2n) is 11.3. The van der Waals surface area contributed by atoms with Gasteiger partial charge in [-0.1, -0.05) is 60.2 Å². The van der Waals surface area contributed by atoms with E-state index in [1.807, 2.05) is 43.3 Å². The maximum atomic E-state index is 13.8. The van der Waals surface area contributed by atoms with Crippen molar-refractivity contribution < 1.29 is 22.6 Å². The van der Waals surface area contributed by atoms with Crippen LogP contribution in [0.15, 0.2) is 66.8 Å². The molecule has 3 unspecified atom stereocenters. The van der Waals surface area contributed by atoms with Gasteiger partial charge in [0.1, 0.15) is 0 Å². The molecule has 2 fully saturated rings. The maximum absolute atomic E-state index is 13.8. The van der Waals surface area contributed by atoms with Crippen LogP contribution < -0.4 is 10.6 Å². The summed E-state index contributed by atoms with van der Waals surface area (Å²) in [6, 6.07) is 15.2. The van der Waals surface area contributed by atoms with E-state index in [2.05, 4.69) is 23.3 Å². The van der Waals surface area contributed by atoms with E-state index in [4.69, 9.17) is 4.55 Å². The minimum Gasteiger partial charge on any atom is -0.352 e. The minimum atomic E-state index is -4.14. The molecule has 7 nitrogen and oxygen atoms in total. The van der Waals surface area contributed by atoms with E-state index in [0.717, 1.165) is 34.6 Å². The number of fused-ring (bicyclic) bond motifs is 1. The zero-order valence-corrected chi connectivity index (χ0v) is 23.0. The Labute approximate surface area is 230 Å². The lowest BCUT2D eigenvalue weighted by atomic mass is 9.88. The van der Waals surface area contributed by atoms with Crippen LogP contribution in [-0.4, -0.2) is 43.1 Å². The van der Waals surface area contributed by atoms with Crippen LogP contribution in [0.2, 0.25) is 0 Å². The fourth-order valence-electron chi connectivity index (χ4n) is 6.58. The predicted octanol–water partition coefficient (Wildman–Crippen LogP) is 4.52. The number of hydrogen-bond donors (Lipinski definition) is 3. The molecule has 3 N–H and O–H groups in total. The molecule has 0 heterocycles. The Hall–Kier alpha value is -3.23. The summed E-state index contributed by atoms with van der Waals surface area (Å²) >= 11 is 0. The van der Waals surface area contributed by atoms with Crippen molar-refractivity contribution in [1.82, 2.24) is 10.6 Å². The number of carbonyl (C=O) groups excluding carboxylic acids is 2. The highest BCUT2D eigenvalue weighted by molar-refractivity contribution is 7.85. The van der Waals surface area contributed by atoms with Crippen molar-refractivity contribution >= 4 is 27.5 Å². The van der Waals surface area contributed by atoms with Crippen molar-refractivity contribution in [2.24, 2.45) is 17.8 Å². The topological polar surface area (TPSA) is 113 Å². The SMILES string of the molecule is C=C(C)c1ccc(C(Cc2ccc(C(=O)NCCS(=O)(=O)O)cc2)C(=O)NC2CC3=CC[C@@H]4CC3[C@@H]2C4)cc1. The maximum Gasteiger partial charge on any atom is 0.266 e. The lowest BCUT2D eigenvalue weighted by molar-refractivity contribution is -0.123. The third kappa shape index (κ3) is 6.34. The Kier molecular flexibility index (Phi) is 7.78. The molecule has 39 heavy (non-hydrogen) atoms. The molecule has 5 rings (SSSR count). The quantitative estimate of drug-likeness (QED) is 0.298. The lowest BCUT2D eigenvalue weighted by Crippen LogP contribution is -2.41. The number of rotatable bonds is 10. The molecule has 2 bridgehead atoms. The summed E-state index contributed by atoms with van der Waals surface area (Å²) in [5, 5.41) is 5.92. The molecule has 0 aliphatic heterocycles. The third-order valence-electron chi connectivity index (χ3n) is 8.62. The molecular weight excluding hydrogens is 512 g/mol. The number of nitrogens with one attached hydrogen (secondary N) is 2. The van der Waals surface area contributed by atoms with Gasteiger partial charge in [-0.3, -0.25) is 14.1 Å². The molecule has 5 atom stereocenters. The lowest BCUT2D eigenvalue weighted by Gasteiger charge is -2.25. The second-order valence-corrected chi connectivity index (χ2v) is 12.9. The summed E-state index contributed by atoms with van der Waals surface area (Å²) in [6.07, 6.45) is 7.51. The first-order valence-corrected chi connectivity index (χ1v) is 15.3. The Bertz CT molecular complexity index is 1400. The molecule has 8 heteroatoms. The summed E-state index contributed by atoms with van der Waals surface area (Å²) < 4.78 is 30.6. The van der Waals surface area contributed by atoms with Gasteiger partial charge in [0, 0.05) is 18.2 Å². The van der Waals surface area contributed by atoms with Gasteiger partial charge in [-0.05, 0) is 85.6 Å². The Morgan fingerprint density at radius 2 is 1.74 bits per heavy atom. The first kappa shape index (κ1) is 27.3. The summed E-state index contributed by atoms with van der Waals surface area (Å²) in [5.41, 5.74) is 5.77. The third-order valence-corrected chi connectivity index (χ3v) is 9.34. The van der Waals surface area contributed by atoms with Crippen molar-refractivity contribution in [2.75, 3.05) is 12.3 Å². The number of allylic oxidation sites excluding steroid dienone is 2. The van der Waals surface area contributed by atoms with Gasteiger partial charge in [-0.15, -0.1) is 0 Å². The van der Waals surface area contributed by atoms with E-state index in [-0.39, 0.29) is 24.4 Å². The molecular formula is C31H36N2O5S. The van der Waals surface area contributed by atoms with Crippen LogP contribution in [0.4, 0.5) is 0 Å². The normalized spacial score (nSPS) is 24.1. The smallest absolute Gasteiger partial charge is 0.266 e. The van der Waals surface area contributed by atoms with Crippen molar-refractivity contribution in [3.63, 3.8) is 0 Å². The average Bonchev–Trinajstić information content (AvgIpc) is 3.41. The van der Waals surface area contributed by atoms with Crippen LogP contribution in [0.25, 0.3) is 5.57 Å². The molecule has 2 amide bonds. The molecule has 0 spiro atoms. The zero-order valence-electron chi connectivity index (χ0n) is 22.2. The van der Waals surface area contributed by atoms with Gasteiger partial charge in [0.05, 0.1) is 11.7 Å². The number of benzene rings is 2. The summed E-state index contributed by atoms with van der Waals surface area (Å²) in [4.78, 5) is 26.2. The van der Waals surface area contributed by atoms with Gasteiger partial charge in [0.15, 0.2) is 0 Å². The first-order chi connectivity index (χ1) is 18.6. The van der Waals surface area contributed by atoms with E-state index in [1.54, 1.807) is 12.1 Å². The van der Waals surface area contributed by atoms with Crippen LogP contribution in [0, 0.1) is 17.8 Å². The van der Waals surface area contributed by atoms with Crippen molar-refractivity contribution in [2.45, 2.75) is 51.0 Å². The average molecular weight is 549 g/mol. The fourth-order valence-corrected chi connectivity index (χ4v) is 6.94. The predicted molar refractivity (Wildman–Crippen MR) is 152 cm³/mol. The number of amides is 2. The van der Waals surface area contributed by atoms with Crippen LogP contribution >= 0.6 is 0 Å². The highest BCUT2D eigenvalue weighted by atomic mass is 32.2. The minimum absolute atomic E-state index is 0.0270. The summed E-state index contributed by atoms with van der Waals surface area (Å²) in [6.45, 7) is 5.79. The van der Waals surface area contributed by atoms with Crippen LogP contribution in [0.5, 0.6) is 0 Å². The Balaban J connectivity index is 1.30. The van der Waals surface area contributed by atoms with Gasteiger partial charge in [0.25, 0.3) is 16.0 Å². The first-order valence-electron chi connectivity index (χ1n) is 13.6. The molecule has 3 aliphatic carbocycles. The summed E-state index contributed by atoms with van der Waals surface area (Å²) in [7, 11) is -4.14. The van der Waals surface area contributed by atoms with E-state index in [1.165, 1.54) is 24.8 Å². The molecule has 2 aromatic carbocycles. The monoisotopic (exact) mass is 548 g/mol. The molecule has 2 saturated carbocycles. The van der Waals surface area contributed by atoms with Gasteiger partial charge in [-0.2, -0.15) is 8.42 Å². The molecule has 0 aromatic heterocycles. The molecule has 3 aliphatic rings.